The predicted octanol–water partition coefficient (Wildman–Crippen LogP) is 5.88. The maximum absolute atomic E-state index is 13.3. The molecular formula is C34H51FN2O3. The molecule has 5 aliphatic rings. The second-order valence-electron chi connectivity index (χ2n) is 14.8. The summed E-state index contributed by atoms with van der Waals surface area (Å²) in [5.74, 6) is 3.19. The van der Waals surface area contributed by atoms with E-state index in [4.69, 9.17) is 0 Å². The van der Waals surface area contributed by atoms with Gasteiger partial charge in [-0.3, -0.25) is 4.79 Å². The Morgan fingerprint density at radius 1 is 0.950 bits per heavy atom. The minimum Gasteiger partial charge on any atom is -0.393 e. The lowest BCUT2D eigenvalue weighted by Gasteiger charge is -2.62. The summed E-state index contributed by atoms with van der Waals surface area (Å²) in [6, 6.07) is 6.65. The van der Waals surface area contributed by atoms with Crippen LogP contribution in [0.15, 0.2) is 24.3 Å². The fraction of sp³-hybridized carbons (Fsp3) is 0.794. The molecule has 4 aliphatic carbocycles. The number of carbonyl (C=O) groups is 1. The fourth-order valence-corrected chi connectivity index (χ4v) is 10.8. The zero-order valence-electron chi connectivity index (χ0n) is 24.9. The van der Waals surface area contributed by atoms with Gasteiger partial charge in [-0.05, 0) is 128 Å². The quantitative estimate of drug-likeness (QED) is 0.477. The summed E-state index contributed by atoms with van der Waals surface area (Å²) in [5.41, 5.74) is 1.54. The minimum absolute atomic E-state index is 0.186. The number of halogens is 1. The van der Waals surface area contributed by atoms with Crippen molar-refractivity contribution in [1.82, 2.24) is 4.90 Å². The van der Waals surface area contributed by atoms with Crippen LogP contribution in [0.2, 0.25) is 0 Å². The van der Waals surface area contributed by atoms with E-state index in [0.29, 0.717) is 41.9 Å². The van der Waals surface area contributed by atoms with Crippen molar-refractivity contribution in [2.75, 3.05) is 31.1 Å². The number of aliphatic hydroxyl groups is 2. The molecule has 1 aliphatic heterocycles. The van der Waals surface area contributed by atoms with Gasteiger partial charge in [0, 0.05) is 38.3 Å². The van der Waals surface area contributed by atoms with Gasteiger partial charge in [0.1, 0.15) is 5.82 Å². The van der Waals surface area contributed by atoms with Crippen molar-refractivity contribution in [3.63, 3.8) is 0 Å². The molecule has 4 saturated carbocycles. The molecule has 10 atom stereocenters. The SMILES string of the molecule is C[C@H](CCC(=O)N1CCN(c2ccc(F)cc2)CC1)[C@@H]1CC[C@@H]2[C@H]3[C@@H](CC[C@@]21C)[C@@]1(C)CC[C@@H](O)C[C@@H]1C[C@@H]3O. The highest BCUT2D eigenvalue weighted by molar-refractivity contribution is 5.76. The Hall–Kier alpha value is -1.66. The van der Waals surface area contributed by atoms with E-state index in [0.717, 1.165) is 64.0 Å². The van der Waals surface area contributed by atoms with E-state index in [1.807, 2.05) is 17.0 Å². The predicted molar refractivity (Wildman–Crippen MR) is 156 cm³/mol. The van der Waals surface area contributed by atoms with Crippen LogP contribution < -0.4 is 4.90 Å². The van der Waals surface area contributed by atoms with Gasteiger partial charge < -0.3 is 20.0 Å². The number of hydrogen-bond acceptors (Lipinski definition) is 4. The number of fused-ring (bicyclic) bond motifs is 5. The summed E-state index contributed by atoms with van der Waals surface area (Å²) >= 11 is 0. The molecule has 2 N–H and O–H groups in total. The normalized spacial score (nSPS) is 42.1. The van der Waals surface area contributed by atoms with Gasteiger partial charge in [0.25, 0.3) is 0 Å². The first-order chi connectivity index (χ1) is 19.1. The Morgan fingerprint density at radius 3 is 2.35 bits per heavy atom. The van der Waals surface area contributed by atoms with Gasteiger partial charge in [-0.25, -0.2) is 4.39 Å². The Morgan fingerprint density at radius 2 is 1.62 bits per heavy atom. The number of anilines is 1. The number of carbonyl (C=O) groups excluding carboxylic acids is 1. The van der Waals surface area contributed by atoms with Crippen LogP contribution >= 0.6 is 0 Å². The third-order valence-electron chi connectivity index (χ3n) is 13.1. The van der Waals surface area contributed by atoms with Gasteiger partial charge in [-0.15, -0.1) is 0 Å². The highest BCUT2D eigenvalue weighted by Crippen LogP contribution is 2.68. The minimum atomic E-state index is -0.234. The molecule has 6 heteroatoms. The molecule has 0 aromatic heterocycles. The van der Waals surface area contributed by atoms with Crippen LogP contribution in [0.4, 0.5) is 10.1 Å². The highest BCUT2D eigenvalue weighted by atomic mass is 19.1. The van der Waals surface area contributed by atoms with Gasteiger partial charge in [0.2, 0.25) is 5.91 Å². The van der Waals surface area contributed by atoms with Crippen molar-refractivity contribution in [1.29, 1.82) is 0 Å². The molecule has 5 fully saturated rings. The number of benzene rings is 1. The van der Waals surface area contributed by atoms with E-state index in [9.17, 15) is 19.4 Å². The summed E-state index contributed by atoms with van der Waals surface area (Å²) in [7, 11) is 0. The van der Waals surface area contributed by atoms with E-state index in [-0.39, 0.29) is 34.8 Å². The van der Waals surface area contributed by atoms with E-state index < -0.39 is 0 Å². The lowest BCUT2D eigenvalue weighted by atomic mass is 9.43. The molecule has 6 rings (SSSR count). The first kappa shape index (κ1) is 28.5. The number of hydrogen-bond donors (Lipinski definition) is 2. The van der Waals surface area contributed by atoms with E-state index in [1.165, 1.54) is 37.8 Å². The first-order valence-corrected chi connectivity index (χ1v) is 16.2. The molecule has 0 unspecified atom stereocenters. The largest absolute Gasteiger partial charge is 0.393 e. The summed E-state index contributed by atoms with van der Waals surface area (Å²) < 4.78 is 13.3. The maximum atomic E-state index is 13.3. The van der Waals surface area contributed by atoms with Crippen molar-refractivity contribution in [2.24, 2.45) is 46.3 Å². The van der Waals surface area contributed by atoms with Gasteiger partial charge in [-0.1, -0.05) is 20.8 Å². The van der Waals surface area contributed by atoms with Crippen molar-refractivity contribution in [3.8, 4) is 0 Å². The van der Waals surface area contributed by atoms with E-state index in [1.54, 1.807) is 0 Å². The molecular weight excluding hydrogens is 503 g/mol. The Bertz CT molecular complexity index is 1060. The van der Waals surface area contributed by atoms with Crippen molar-refractivity contribution in [3.05, 3.63) is 30.1 Å². The second kappa shape index (κ2) is 10.9. The van der Waals surface area contributed by atoms with Crippen molar-refractivity contribution < 1.29 is 19.4 Å². The van der Waals surface area contributed by atoms with Crippen LogP contribution in [0.1, 0.15) is 85.0 Å². The van der Waals surface area contributed by atoms with Crippen LogP contribution in [-0.4, -0.2) is 59.4 Å². The Kier molecular flexibility index (Phi) is 7.74. The van der Waals surface area contributed by atoms with Crippen molar-refractivity contribution >= 4 is 11.6 Å². The Labute approximate surface area is 240 Å². The number of amides is 1. The monoisotopic (exact) mass is 554 g/mol. The summed E-state index contributed by atoms with van der Waals surface area (Å²) in [4.78, 5) is 17.5. The van der Waals surface area contributed by atoms with E-state index in [2.05, 4.69) is 25.7 Å². The van der Waals surface area contributed by atoms with Gasteiger partial charge in [0.05, 0.1) is 12.2 Å². The summed E-state index contributed by atoms with van der Waals surface area (Å²) in [6.07, 6.45) is 9.79. The summed E-state index contributed by atoms with van der Waals surface area (Å²) in [5, 5.41) is 21.9. The lowest BCUT2D eigenvalue weighted by molar-refractivity contribution is -0.174. The molecule has 222 valence electrons. The van der Waals surface area contributed by atoms with Gasteiger partial charge in [0.15, 0.2) is 0 Å². The molecule has 0 bridgehead atoms. The molecule has 5 nitrogen and oxygen atoms in total. The first-order valence-electron chi connectivity index (χ1n) is 16.2. The van der Waals surface area contributed by atoms with Crippen molar-refractivity contribution in [2.45, 2.75) is 97.2 Å². The lowest BCUT2D eigenvalue weighted by Crippen LogP contribution is -2.58. The maximum Gasteiger partial charge on any atom is 0.222 e. The van der Waals surface area contributed by atoms with Gasteiger partial charge >= 0.3 is 0 Å². The van der Waals surface area contributed by atoms with Crippen LogP contribution in [0.25, 0.3) is 0 Å². The molecule has 1 heterocycles. The number of piperazine rings is 1. The smallest absolute Gasteiger partial charge is 0.222 e. The van der Waals surface area contributed by atoms with E-state index >= 15 is 0 Å². The molecule has 1 amide bonds. The van der Waals surface area contributed by atoms with Gasteiger partial charge in [-0.2, -0.15) is 0 Å². The van der Waals surface area contributed by atoms with Crippen LogP contribution in [0, 0.1) is 52.2 Å². The Balaban J connectivity index is 1.04. The zero-order valence-corrected chi connectivity index (χ0v) is 24.9. The second-order valence-corrected chi connectivity index (χ2v) is 14.8. The molecule has 0 radical (unpaired) electrons. The molecule has 1 aromatic carbocycles. The average molecular weight is 555 g/mol. The standard InChI is InChI=1S/C34H51FN2O3/c1-22(4-11-31(40)37-18-16-36(17-19-37)25-7-5-24(35)6-8-25)27-9-10-28-32-29(13-15-34(27,28)3)33(2)14-12-26(38)20-23(33)21-30(32)39/h5-8,22-23,26-30,32,38-39H,4,9-21H2,1-3H3/t22-,23-,26-,27+,28-,29-,30+,32+,33+,34-/m1/s1. The zero-order chi connectivity index (χ0) is 28.2. The molecule has 40 heavy (non-hydrogen) atoms. The fourth-order valence-electron chi connectivity index (χ4n) is 10.8. The average Bonchev–Trinajstić information content (AvgIpc) is 3.30. The third kappa shape index (κ3) is 4.89. The number of aliphatic hydroxyl groups excluding tert-OH is 2. The number of rotatable bonds is 5. The topological polar surface area (TPSA) is 64.0 Å². The molecule has 1 aromatic rings. The molecule has 0 spiro atoms. The molecule has 1 saturated heterocycles. The van der Waals surface area contributed by atoms with Crippen LogP contribution in [-0.2, 0) is 4.79 Å². The third-order valence-corrected chi connectivity index (χ3v) is 13.1. The number of nitrogens with zero attached hydrogens (tertiary/aromatic N) is 2. The summed E-state index contributed by atoms with van der Waals surface area (Å²) in [6.45, 7) is 10.4. The highest BCUT2D eigenvalue weighted by Gasteiger charge is 2.62. The van der Waals surface area contributed by atoms with Crippen LogP contribution in [0.5, 0.6) is 0 Å². The van der Waals surface area contributed by atoms with Crippen LogP contribution in [0.3, 0.4) is 0 Å².